The molecule has 0 saturated heterocycles. The van der Waals surface area contributed by atoms with E-state index < -0.39 is 0 Å². The molecule has 0 aliphatic heterocycles. The van der Waals surface area contributed by atoms with Gasteiger partial charge < -0.3 is 5.32 Å². The highest BCUT2D eigenvalue weighted by molar-refractivity contribution is 5.74. The molecular formula is C14H10N8O. The van der Waals surface area contributed by atoms with Gasteiger partial charge in [0.05, 0.1) is 5.69 Å². The van der Waals surface area contributed by atoms with Crippen molar-refractivity contribution in [3.63, 3.8) is 0 Å². The van der Waals surface area contributed by atoms with E-state index in [9.17, 15) is 4.79 Å². The fourth-order valence-corrected chi connectivity index (χ4v) is 1.82. The molecule has 0 unspecified atom stereocenters. The fraction of sp³-hybridized carbons (Fsp3) is 0. The van der Waals surface area contributed by atoms with Gasteiger partial charge in [0.15, 0.2) is 0 Å². The van der Waals surface area contributed by atoms with Crippen LogP contribution in [-0.2, 0) is 0 Å². The maximum Gasteiger partial charge on any atom is 0.264 e. The summed E-state index contributed by atoms with van der Waals surface area (Å²) in [5.41, 5.74) is 2.30. The Balaban J connectivity index is 1.76. The van der Waals surface area contributed by atoms with Gasteiger partial charge in [0.25, 0.3) is 5.56 Å². The SMILES string of the molecule is N#CC(=CNc1ccc(-c2ccc(=O)[nH]n2)cc1)c1nn[nH]n1. The van der Waals surface area contributed by atoms with Gasteiger partial charge in [0.2, 0.25) is 5.82 Å². The molecule has 0 atom stereocenters. The van der Waals surface area contributed by atoms with Gasteiger partial charge in [0, 0.05) is 23.5 Å². The Labute approximate surface area is 129 Å². The van der Waals surface area contributed by atoms with E-state index in [-0.39, 0.29) is 17.0 Å². The van der Waals surface area contributed by atoms with Crippen LogP contribution in [0.1, 0.15) is 5.82 Å². The molecule has 9 heteroatoms. The smallest absolute Gasteiger partial charge is 0.264 e. The quantitative estimate of drug-likeness (QED) is 0.610. The van der Waals surface area contributed by atoms with E-state index in [4.69, 9.17) is 5.26 Å². The van der Waals surface area contributed by atoms with Crippen LogP contribution in [0.2, 0.25) is 0 Å². The molecule has 23 heavy (non-hydrogen) atoms. The van der Waals surface area contributed by atoms with Crippen LogP contribution in [0.15, 0.2) is 47.4 Å². The standard InChI is InChI=1S/C14H10N8O/c15-7-10(14-19-21-22-20-14)8-16-11-3-1-9(2-4-11)12-5-6-13(23)18-17-12/h1-6,8,16H,(H,18,23)(H,19,20,21,22). The largest absolute Gasteiger partial charge is 0.360 e. The lowest BCUT2D eigenvalue weighted by Crippen LogP contribution is -2.05. The van der Waals surface area contributed by atoms with E-state index in [0.717, 1.165) is 11.3 Å². The zero-order valence-electron chi connectivity index (χ0n) is 11.7. The monoisotopic (exact) mass is 306 g/mol. The summed E-state index contributed by atoms with van der Waals surface area (Å²) in [4.78, 5) is 11.0. The normalized spacial score (nSPS) is 11.0. The summed E-state index contributed by atoms with van der Waals surface area (Å²) in [6, 6.07) is 12.4. The number of nitrogens with zero attached hydrogens (tertiary/aromatic N) is 5. The number of aromatic nitrogens is 6. The number of nitriles is 1. The molecule has 0 aliphatic carbocycles. The molecule has 0 saturated carbocycles. The fourth-order valence-electron chi connectivity index (χ4n) is 1.82. The van der Waals surface area contributed by atoms with Crippen molar-refractivity contribution in [3.05, 3.63) is 58.8 Å². The Bertz CT molecular complexity index is 898. The summed E-state index contributed by atoms with van der Waals surface area (Å²) < 4.78 is 0. The van der Waals surface area contributed by atoms with Gasteiger partial charge in [-0.25, -0.2) is 5.10 Å². The van der Waals surface area contributed by atoms with Crippen LogP contribution < -0.4 is 10.9 Å². The second-order valence-electron chi connectivity index (χ2n) is 4.43. The lowest BCUT2D eigenvalue weighted by Gasteiger charge is -2.03. The Morgan fingerprint density at radius 3 is 2.61 bits per heavy atom. The minimum atomic E-state index is -0.248. The number of rotatable bonds is 4. The highest BCUT2D eigenvalue weighted by Crippen LogP contribution is 2.18. The molecular weight excluding hydrogens is 296 g/mol. The number of anilines is 1. The van der Waals surface area contributed by atoms with Crippen molar-refractivity contribution in [2.75, 3.05) is 5.32 Å². The molecule has 3 rings (SSSR count). The molecule has 0 fully saturated rings. The molecule has 2 heterocycles. The van der Waals surface area contributed by atoms with Gasteiger partial charge in [-0.3, -0.25) is 4.79 Å². The summed E-state index contributed by atoms with van der Waals surface area (Å²) in [6.07, 6.45) is 1.50. The van der Waals surface area contributed by atoms with E-state index >= 15 is 0 Å². The molecule has 112 valence electrons. The highest BCUT2D eigenvalue weighted by Gasteiger charge is 2.05. The van der Waals surface area contributed by atoms with Gasteiger partial charge in [-0.2, -0.15) is 15.6 Å². The van der Waals surface area contributed by atoms with E-state index in [1.54, 1.807) is 6.07 Å². The maximum absolute atomic E-state index is 11.0. The molecule has 1 aromatic carbocycles. The number of hydrogen-bond acceptors (Lipinski definition) is 7. The van der Waals surface area contributed by atoms with Crippen LogP contribution in [0.25, 0.3) is 16.8 Å². The molecule has 0 bridgehead atoms. The average Bonchev–Trinajstić information content (AvgIpc) is 3.11. The predicted molar refractivity (Wildman–Crippen MR) is 81.7 cm³/mol. The molecule has 0 amide bonds. The van der Waals surface area contributed by atoms with E-state index in [0.29, 0.717) is 5.69 Å². The minimum absolute atomic E-state index is 0.217. The number of benzene rings is 1. The first-order chi connectivity index (χ1) is 11.3. The van der Waals surface area contributed by atoms with Gasteiger partial charge in [-0.1, -0.05) is 12.1 Å². The van der Waals surface area contributed by atoms with Crippen LogP contribution in [0, 0.1) is 11.3 Å². The van der Waals surface area contributed by atoms with E-state index in [2.05, 4.69) is 36.1 Å². The molecule has 0 aliphatic rings. The van der Waals surface area contributed by atoms with Crippen LogP contribution in [0.4, 0.5) is 5.69 Å². The van der Waals surface area contributed by atoms with Crippen LogP contribution in [-0.4, -0.2) is 30.8 Å². The summed E-state index contributed by atoms with van der Waals surface area (Å²) in [5, 5.41) is 31.6. The van der Waals surface area contributed by atoms with Crippen molar-refractivity contribution in [3.8, 4) is 17.3 Å². The van der Waals surface area contributed by atoms with Gasteiger partial charge in [0.1, 0.15) is 11.6 Å². The number of allylic oxidation sites excluding steroid dienone is 1. The molecule has 9 nitrogen and oxygen atoms in total. The third-order valence-electron chi connectivity index (χ3n) is 2.95. The molecule has 3 N–H and O–H groups in total. The first-order valence-corrected chi connectivity index (χ1v) is 6.53. The third kappa shape index (κ3) is 3.27. The van der Waals surface area contributed by atoms with Crippen molar-refractivity contribution in [2.24, 2.45) is 0 Å². The molecule has 3 aromatic rings. The second kappa shape index (κ2) is 6.31. The Kier molecular flexibility index (Phi) is 3.89. The highest BCUT2D eigenvalue weighted by atomic mass is 16.1. The molecule has 0 radical (unpaired) electrons. The van der Waals surface area contributed by atoms with E-state index in [1.807, 2.05) is 30.3 Å². The van der Waals surface area contributed by atoms with Gasteiger partial charge in [-0.15, -0.1) is 10.2 Å². The lowest BCUT2D eigenvalue weighted by molar-refractivity contribution is 0.881. The number of nitrogens with one attached hydrogen (secondary N) is 3. The second-order valence-corrected chi connectivity index (χ2v) is 4.43. The Hall–Kier alpha value is -3.80. The minimum Gasteiger partial charge on any atom is -0.360 e. The topological polar surface area (TPSA) is 136 Å². The summed E-state index contributed by atoms with van der Waals surface area (Å²) in [7, 11) is 0. The van der Waals surface area contributed by atoms with Crippen LogP contribution in [0.5, 0.6) is 0 Å². The van der Waals surface area contributed by atoms with Crippen LogP contribution >= 0.6 is 0 Å². The van der Waals surface area contributed by atoms with Gasteiger partial charge in [-0.05, 0) is 23.4 Å². The van der Waals surface area contributed by atoms with Crippen molar-refractivity contribution in [1.82, 2.24) is 30.8 Å². The Morgan fingerprint density at radius 2 is 2.00 bits per heavy atom. The number of H-pyrrole nitrogens is 2. The zero-order chi connectivity index (χ0) is 16.1. The first-order valence-electron chi connectivity index (χ1n) is 6.53. The predicted octanol–water partition coefficient (Wildman–Crippen LogP) is 0.927. The van der Waals surface area contributed by atoms with E-state index in [1.165, 1.54) is 12.3 Å². The number of aromatic amines is 2. The molecule has 2 aromatic heterocycles. The number of tetrazole rings is 1. The first kappa shape index (κ1) is 14.2. The average molecular weight is 306 g/mol. The zero-order valence-corrected chi connectivity index (χ0v) is 11.7. The summed E-state index contributed by atoms with van der Waals surface area (Å²) in [6.45, 7) is 0. The number of hydrogen-bond donors (Lipinski definition) is 3. The van der Waals surface area contributed by atoms with Crippen molar-refractivity contribution in [1.29, 1.82) is 5.26 Å². The lowest BCUT2D eigenvalue weighted by atomic mass is 10.1. The molecule has 0 spiro atoms. The third-order valence-corrected chi connectivity index (χ3v) is 2.95. The summed E-state index contributed by atoms with van der Waals surface area (Å²) >= 11 is 0. The van der Waals surface area contributed by atoms with Crippen LogP contribution in [0.3, 0.4) is 0 Å². The van der Waals surface area contributed by atoms with Crippen molar-refractivity contribution >= 4 is 11.3 Å². The van der Waals surface area contributed by atoms with Crippen molar-refractivity contribution in [2.45, 2.75) is 0 Å². The van der Waals surface area contributed by atoms with Gasteiger partial charge >= 0.3 is 0 Å². The summed E-state index contributed by atoms with van der Waals surface area (Å²) in [5.74, 6) is 0.217. The van der Waals surface area contributed by atoms with Crippen molar-refractivity contribution < 1.29 is 0 Å². The Morgan fingerprint density at radius 1 is 1.17 bits per heavy atom. The maximum atomic E-state index is 11.0.